The number of benzene rings is 2. The van der Waals surface area contributed by atoms with Gasteiger partial charge in [-0.05, 0) is 49.6 Å². The van der Waals surface area contributed by atoms with Crippen molar-refractivity contribution in [2.24, 2.45) is 0 Å². The lowest BCUT2D eigenvalue weighted by molar-refractivity contribution is -0.136. The summed E-state index contributed by atoms with van der Waals surface area (Å²) in [5, 5.41) is 1.02. The molecule has 1 amide bonds. The van der Waals surface area contributed by atoms with Crippen LogP contribution in [-0.2, 0) is 14.9 Å². The number of para-hydroxylation sites is 1. The van der Waals surface area contributed by atoms with Gasteiger partial charge in [0.25, 0.3) is 5.91 Å². The SMILES string of the molecule is CCOC(=O)C1=CN(C(=O)c2ccc(F)c(F)c2)CC2(CCCC2)c2c1[nH]c1ccccc21. The van der Waals surface area contributed by atoms with E-state index < -0.39 is 23.5 Å². The molecule has 1 N–H and O–H groups in total. The molecule has 170 valence electrons. The van der Waals surface area contributed by atoms with Gasteiger partial charge < -0.3 is 14.6 Å². The molecule has 1 aromatic heterocycles. The average Bonchev–Trinajstić information content (AvgIpc) is 3.39. The number of aromatic amines is 1. The lowest BCUT2D eigenvalue weighted by atomic mass is 9.76. The first kappa shape index (κ1) is 21.4. The number of rotatable bonds is 3. The van der Waals surface area contributed by atoms with Crippen LogP contribution < -0.4 is 0 Å². The Morgan fingerprint density at radius 1 is 1.09 bits per heavy atom. The molecule has 1 aliphatic heterocycles. The predicted molar refractivity (Wildman–Crippen MR) is 120 cm³/mol. The maximum atomic E-state index is 13.9. The highest BCUT2D eigenvalue weighted by Crippen LogP contribution is 2.49. The van der Waals surface area contributed by atoms with Crippen molar-refractivity contribution in [3.05, 3.63) is 77.1 Å². The van der Waals surface area contributed by atoms with Gasteiger partial charge in [-0.25, -0.2) is 13.6 Å². The second-order valence-corrected chi connectivity index (χ2v) is 8.73. The first-order chi connectivity index (χ1) is 15.9. The molecular formula is C26H24F2N2O3. The third kappa shape index (κ3) is 3.52. The summed E-state index contributed by atoms with van der Waals surface area (Å²) in [6.45, 7) is 2.25. The number of H-pyrrole nitrogens is 1. The van der Waals surface area contributed by atoms with Crippen LogP contribution in [0.3, 0.4) is 0 Å². The van der Waals surface area contributed by atoms with Crippen LogP contribution in [0.5, 0.6) is 0 Å². The Balaban J connectivity index is 1.71. The van der Waals surface area contributed by atoms with E-state index in [-0.39, 0.29) is 23.2 Å². The second-order valence-electron chi connectivity index (χ2n) is 8.73. The van der Waals surface area contributed by atoms with Gasteiger partial charge in [0.1, 0.15) is 0 Å². The number of ether oxygens (including phenoxy) is 1. The third-order valence-corrected chi connectivity index (χ3v) is 6.75. The molecule has 1 spiro atoms. The molecule has 2 aliphatic rings. The zero-order chi connectivity index (χ0) is 23.2. The van der Waals surface area contributed by atoms with E-state index in [2.05, 4.69) is 4.98 Å². The number of nitrogens with one attached hydrogen (secondary N) is 1. The van der Waals surface area contributed by atoms with Crippen molar-refractivity contribution < 1.29 is 23.1 Å². The van der Waals surface area contributed by atoms with Crippen molar-refractivity contribution >= 4 is 28.4 Å². The summed E-state index contributed by atoms with van der Waals surface area (Å²) in [7, 11) is 0. The minimum absolute atomic E-state index is 0.0249. The number of aromatic nitrogens is 1. The van der Waals surface area contributed by atoms with Crippen LogP contribution in [-0.4, -0.2) is 34.9 Å². The number of nitrogens with zero attached hydrogens (tertiary/aromatic N) is 1. The van der Waals surface area contributed by atoms with Gasteiger partial charge in [-0.2, -0.15) is 0 Å². The average molecular weight is 450 g/mol. The summed E-state index contributed by atoms with van der Waals surface area (Å²) in [4.78, 5) is 31.3. The highest BCUT2D eigenvalue weighted by atomic mass is 19.2. The van der Waals surface area contributed by atoms with Crippen LogP contribution in [0.2, 0.25) is 0 Å². The Kier molecular flexibility index (Phi) is 5.27. The van der Waals surface area contributed by atoms with Crippen molar-refractivity contribution in [2.45, 2.75) is 38.0 Å². The van der Waals surface area contributed by atoms with Gasteiger partial charge >= 0.3 is 5.97 Å². The molecule has 0 unspecified atom stereocenters. The Morgan fingerprint density at radius 3 is 2.58 bits per heavy atom. The molecule has 33 heavy (non-hydrogen) atoms. The summed E-state index contributed by atoms with van der Waals surface area (Å²) in [5.41, 5.74) is 2.52. The van der Waals surface area contributed by atoms with Crippen LogP contribution in [0.15, 0.2) is 48.7 Å². The van der Waals surface area contributed by atoms with Crippen molar-refractivity contribution in [3.63, 3.8) is 0 Å². The largest absolute Gasteiger partial charge is 0.462 e. The molecule has 1 saturated carbocycles. The lowest BCUT2D eigenvalue weighted by Crippen LogP contribution is -2.39. The zero-order valence-corrected chi connectivity index (χ0v) is 18.3. The number of carbonyl (C=O) groups is 2. The van der Waals surface area contributed by atoms with E-state index >= 15 is 0 Å². The van der Waals surface area contributed by atoms with Gasteiger partial charge in [0.2, 0.25) is 0 Å². The zero-order valence-electron chi connectivity index (χ0n) is 18.3. The fraction of sp³-hybridized carbons (Fsp3) is 0.308. The standard InChI is InChI=1S/C26H24F2N2O3/c1-2-33-25(32)18-14-30(24(31)16-9-10-19(27)20(28)13-16)15-26(11-5-6-12-26)22-17-7-3-4-8-21(17)29-23(18)22/h3-4,7-10,13-14,29H,2,5-6,11-12,15H2,1H3. The molecule has 7 heteroatoms. The minimum atomic E-state index is -1.09. The second kappa shape index (κ2) is 8.14. The molecule has 1 fully saturated rings. The molecule has 2 aromatic carbocycles. The van der Waals surface area contributed by atoms with Gasteiger partial charge in [-0.1, -0.05) is 31.0 Å². The van der Waals surface area contributed by atoms with Crippen LogP contribution in [0.1, 0.15) is 54.2 Å². The Bertz CT molecular complexity index is 1290. The first-order valence-corrected chi connectivity index (χ1v) is 11.2. The van der Waals surface area contributed by atoms with Crippen LogP contribution in [0.25, 0.3) is 16.5 Å². The first-order valence-electron chi connectivity index (χ1n) is 11.2. The van der Waals surface area contributed by atoms with E-state index in [9.17, 15) is 18.4 Å². The fourth-order valence-electron chi connectivity index (χ4n) is 5.31. The molecule has 5 nitrogen and oxygen atoms in total. The summed E-state index contributed by atoms with van der Waals surface area (Å²) >= 11 is 0. The van der Waals surface area contributed by atoms with Crippen molar-refractivity contribution in [1.82, 2.24) is 9.88 Å². The van der Waals surface area contributed by atoms with Gasteiger partial charge in [-0.3, -0.25) is 4.79 Å². The Hall–Kier alpha value is -3.48. The van der Waals surface area contributed by atoms with E-state index in [1.54, 1.807) is 6.92 Å². The summed E-state index contributed by atoms with van der Waals surface area (Å²) in [6, 6.07) is 11.0. The molecule has 0 bridgehead atoms. The number of fused-ring (bicyclic) bond motifs is 4. The van der Waals surface area contributed by atoms with E-state index in [4.69, 9.17) is 4.74 Å². The van der Waals surface area contributed by atoms with Crippen molar-refractivity contribution in [2.75, 3.05) is 13.2 Å². The van der Waals surface area contributed by atoms with E-state index in [0.717, 1.165) is 54.3 Å². The quantitative estimate of drug-likeness (QED) is 0.550. The molecule has 0 atom stereocenters. The predicted octanol–water partition coefficient (Wildman–Crippen LogP) is 5.32. The Labute approximate surface area is 190 Å². The number of hydrogen-bond acceptors (Lipinski definition) is 3. The van der Waals surface area contributed by atoms with E-state index in [1.165, 1.54) is 17.2 Å². The molecule has 2 heterocycles. The minimum Gasteiger partial charge on any atom is -0.462 e. The molecule has 3 aromatic rings. The highest BCUT2D eigenvalue weighted by molar-refractivity contribution is 6.18. The molecule has 0 radical (unpaired) electrons. The van der Waals surface area contributed by atoms with E-state index in [0.29, 0.717) is 12.2 Å². The monoisotopic (exact) mass is 450 g/mol. The maximum Gasteiger partial charge on any atom is 0.341 e. The molecule has 5 rings (SSSR count). The van der Waals surface area contributed by atoms with Gasteiger partial charge in [-0.15, -0.1) is 0 Å². The number of hydrogen-bond donors (Lipinski definition) is 1. The van der Waals surface area contributed by atoms with Gasteiger partial charge in [0.05, 0.1) is 17.9 Å². The van der Waals surface area contributed by atoms with Crippen LogP contribution in [0, 0.1) is 11.6 Å². The van der Waals surface area contributed by atoms with Crippen molar-refractivity contribution in [3.8, 4) is 0 Å². The fourth-order valence-corrected chi connectivity index (χ4v) is 5.31. The van der Waals surface area contributed by atoms with Gasteiger partial charge in [0, 0.05) is 34.6 Å². The summed E-state index contributed by atoms with van der Waals surface area (Å²) in [6.07, 6.45) is 5.21. The van der Waals surface area contributed by atoms with Gasteiger partial charge in [0.15, 0.2) is 11.6 Å². The Morgan fingerprint density at radius 2 is 1.85 bits per heavy atom. The normalized spacial score (nSPS) is 17.1. The van der Waals surface area contributed by atoms with Crippen LogP contribution >= 0.6 is 0 Å². The summed E-state index contributed by atoms with van der Waals surface area (Å²) in [5.74, 6) is -3.13. The van der Waals surface area contributed by atoms with Crippen LogP contribution in [0.4, 0.5) is 8.78 Å². The number of esters is 1. The van der Waals surface area contributed by atoms with E-state index in [1.807, 2.05) is 24.3 Å². The summed E-state index contributed by atoms with van der Waals surface area (Å²) < 4.78 is 32.7. The smallest absolute Gasteiger partial charge is 0.341 e. The molecular weight excluding hydrogens is 426 g/mol. The number of halogens is 2. The molecule has 0 saturated heterocycles. The topological polar surface area (TPSA) is 62.4 Å². The molecule has 1 aliphatic carbocycles. The highest BCUT2D eigenvalue weighted by Gasteiger charge is 2.45. The lowest BCUT2D eigenvalue weighted by Gasteiger charge is -2.33. The van der Waals surface area contributed by atoms with Crippen molar-refractivity contribution in [1.29, 1.82) is 0 Å². The maximum absolute atomic E-state index is 13.9. The number of amides is 1. The third-order valence-electron chi connectivity index (χ3n) is 6.75. The number of carbonyl (C=O) groups excluding carboxylic acids is 2.